The number of hydrogen-bond donors (Lipinski definition) is 1. The molecular formula is C17H23FN2S. The summed E-state index contributed by atoms with van der Waals surface area (Å²) >= 11 is 1.64. The number of thiophene rings is 1. The molecule has 0 bridgehead atoms. The van der Waals surface area contributed by atoms with E-state index >= 15 is 0 Å². The molecule has 1 aliphatic carbocycles. The van der Waals surface area contributed by atoms with E-state index in [1.165, 1.54) is 25.7 Å². The van der Waals surface area contributed by atoms with Crippen LogP contribution in [-0.4, -0.2) is 17.5 Å². The average Bonchev–Trinajstić information content (AvgIpc) is 3.12. The van der Waals surface area contributed by atoms with E-state index in [-0.39, 0.29) is 5.82 Å². The van der Waals surface area contributed by atoms with Crippen molar-refractivity contribution < 1.29 is 4.39 Å². The van der Waals surface area contributed by atoms with Gasteiger partial charge in [0.1, 0.15) is 5.82 Å². The summed E-state index contributed by atoms with van der Waals surface area (Å²) in [5, 5.41) is 0.791. The van der Waals surface area contributed by atoms with Crippen molar-refractivity contribution in [2.45, 2.75) is 51.7 Å². The van der Waals surface area contributed by atoms with Crippen LogP contribution in [0.2, 0.25) is 0 Å². The van der Waals surface area contributed by atoms with Gasteiger partial charge in [0.15, 0.2) is 0 Å². The minimum absolute atomic E-state index is 0.110. The molecule has 1 saturated carbocycles. The summed E-state index contributed by atoms with van der Waals surface area (Å²) in [7, 11) is 0. The highest BCUT2D eigenvalue weighted by molar-refractivity contribution is 7.19. The molecule has 0 amide bonds. The van der Waals surface area contributed by atoms with E-state index in [0.717, 1.165) is 33.6 Å². The predicted octanol–water partition coefficient (Wildman–Crippen LogP) is 4.26. The normalized spacial score (nSPS) is 16.4. The van der Waals surface area contributed by atoms with Gasteiger partial charge in [0, 0.05) is 34.1 Å². The van der Waals surface area contributed by atoms with E-state index in [9.17, 15) is 4.39 Å². The summed E-state index contributed by atoms with van der Waals surface area (Å²) in [6.07, 6.45) is 5.19. The van der Waals surface area contributed by atoms with Crippen molar-refractivity contribution in [2.75, 3.05) is 6.54 Å². The number of hydrogen-bond acceptors (Lipinski definition) is 3. The summed E-state index contributed by atoms with van der Waals surface area (Å²) in [4.78, 5) is 3.63. The smallest absolute Gasteiger partial charge is 0.132 e. The molecule has 4 heteroatoms. The first-order chi connectivity index (χ1) is 10.2. The molecule has 1 fully saturated rings. The van der Waals surface area contributed by atoms with E-state index in [1.807, 2.05) is 6.07 Å². The molecule has 0 atom stereocenters. The molecule has 0 spiro atoms. The van der Waals surface area contributed by atoms with Gasteiger partial charge in [0.25, 0.3) is 0 Å². The number of fused-ring (bicyclic) bond motifs is 1. The molecule has 0 aliphatic heterocycles. The Bertz CT molecular complexity index is 617. The molecule has 1 aliphatic rings. The molecule has 1 aromatic carbocycles. The van der Waals surface area contributed by atoms with Crippen LogP contribution in [0.25, 0.3) is 10.1 Å². The van der Waals surface area contributed by atoms with Crippen LogP contribution in [0.1, 0.15) is 43.0 Å². The number of nitrogens with two attached hydrogens (primary N) is 1. The summed E-state index contributed by atoms with van der Waals surface area (Å²) in [6, 6.07) is 6.00. The first-order valence-corrected chi connectivity index (χ1v) is 8.69. The fraction of sp³-hybridized carbons (Fsp3) is 0.529. The van der Waals surface area contributed by atoms with Gasteiger partial charge in [0.2, 0.25) is 0 Å². The fourth-order valence-electron chi connectivity index (χ4n) is 3.52. The molecule has 21 heavy (non-hydrogen) atoms. The lowest BCUT2D eigenvalue weighted by Crippen LogP contribution is -2.32. The third-order valence-electron chi connectivity index (χ3n) is 4.64. The Labute approximate surface area is 129 Å². The average molecular weight is 306 g/mol. The zero-order valence-corrected chi connectivity index (χ0v) is 13.4. The Hall–Kier alpha value is -0.970. The van der Waals surface area contributed by atoms with Gasteiger partial charge in [-0.1, -0.05) is 25.8 Å². The zero-order chi connectivity index (χ0) is 14.8. The second-order valence-corrected chi connectivity index (χ2v) is 6.96. The molecule has 0 saturated heterocycles. The first-order valence-electron chi connectivity index (χ1n) is 7.87. The van der Waals surface area contributed by atoms with Gasteiger partial charge in [-0.3, -0.25) is 4.90 Å². The van der Waals surface area contributed by atoms with Gasteiger partial charge in [-0.05, 0) is 37.1 Å². The van der Waals surface area contributed by atoms with Crippen molar-refractivity contribution in [1.82, 2.24) is 4.90 Å². The van der Waals surface area contributed by atoms with Crippen molar-refractivity contribution in [2.24, 2.45) is 5.73 Å². The van der Waals surface area contributed by atoms with Gasteiger partial charge in [-0.25, -0.2) is 4.39 Å². The van der Waals surface area contributed by atoms with Crippen LogP contribution in [0.5, 0.6) is 0 Å². The van der Waals surface area contributed by atoms with Crippen LogP contribution >= 0.6 is 11.3 Å². The molecule has 3 rings (SSSR count). The lowest BCUT2D eigenvalue weighted by molar-refractivity contribution is 0.200. The van der Waals surface area contributed by atoms with Crippen LogP contribution < -0.4 is 5.73 Å². The van der Waals surface area contributed by atoms with Crippen molar-refractivity contribution in [3.8, 4) is 0 Å². The Balaban J connectivity index is 1.98. The van der Waals surface area contributed by atoms with Crippen molar-refractivity contribution in [3.63, 3.8) is 0 Å². The van der Waals surface area contributed by atoms with Crippen LogP contribution in [0.15, 0.2) is 18.2 Å². The molecule has 2 nitrogen and oxygen atoms in total. The Morgan fingerprint density at radius 1 is 1.33 bits per heavy atom. The largest absolute Gasteiger partial charge is 0.326 e. The molecule has 2 aromatic rings. The molecule has 114 valence electrons. The lowest BCUT2D eigenvalue weighted by atomic mass is 10.1. The third-order valence-corrected chi connectivity index (χ3v) is 5.86. The van der Waals surface area contributed by atoms with E-state index in [1.54, 1.807) is 23.5 Å². The van der Waals surface area contributed by atoms with Crippen LogP contribution in [0.3, 0.4) is 0 Å². The topological polar surface area (TPSA) is 29.3 Å². The molecule has 0 unspecified atom stereocenters. The molecular weight excluding hydrogens is 283 g/mol. The van der Waals surface area contributed by atoms with Crippen LogP contribution in [0, 0.1) is 5.82 Å². The maximum atomic E-state index is 14.3. The van der Waals surface area contributed by atoms with E-state index in [0.29, 0.717) is 12.6 Å². The maximum absolute atomic E-state index is 14.3. The Morgan fingerprint density at radius 3 is 2.76 bits per heavy atom. The summed E-state index contributed by atoms with van der Waals surface area (Å²) in [6.45, 7) is 4.54. The first kappa shape index (κ1) is 14.9. The van der Waals surface area contributed by atoms with E-state index < -0.39 is 0 Å². The van der Waals surface area contributed by atoms with E-state index in [2.05, 4.69) is 11.8 Å². The molecule has 1 heterocycles. The van der Waals surface area contributed by atoms with Gasteiger partial charge < -0.3 is 5.73 Å². The van der Waals surface area contributed by atoms with Crippen molar-refractivity contribution >= 4 is 21.4 Å². The van der Waals surface area contributed by atoms with Crippen molar-refractivity contribution in [1.29, 1.82) is 0 Å². The SMILES string of the molecule is CCN(Cc1c(CN)sc2cccc(F)c12)C1CCCC1. The highest BCUT2D eigenvalue weighted by Gasteiger charge is 2.24. The number of halogens is 1. The van der Waals surface area contributed by atoms with Crippen LogP contribution in [-0.2, 0) is 13.1 Å². The summed E-state index contributed by atoms with van der Waals surface area (Å²) in [5.41, 5.74) is 7.02. The quantitative estimate of drug-likeness (QED) is 0.894. The Kier molecular flexibility index (Phi) is 4.57. The van der Waals surface area contributed by atoms with Crippen molar-refractivity contribution in [3.05, 3.63) is 34.5 Å². The highest BCUT2D eigenvalue weighted by Crippen LogP contribution is 2.35. The van der Waals surface area contributed by atoms with Gasteiger partial charge in [-0.2, -0.15) is 0 Å². The minimum atomic E-state index is -0.110. The fourth-order valence-corrected chi connectivity index (χ4v) is 4.63. The van der Waals surface area contributed by atoms with Gasteiger partial charge >= 0.3 is 0 Å². The van der Waals surface area contributed by atoms with Crippen LogP contribution in [0.4, 0.5) is 4.39 Å². The predicted molar refractivity (Wildman–Crippen MR) is 88.0 cm³/mol. The summed E-state index contributed by atoms with van der Waals surface area (Å²) < 4.78 is 15.3. The second kappa shape index (κ2) is 6.42. The molecule has 1 aromatic heterocycles. The maximum Gasteiger partial charge on any atom is 0.132 e. The molecule has 0 radical (unpaired) electrons. The second-order valence-electron chi connectivity index (χ2n) is 5.82. The third kappa shape index (κ3) is 2.85. The van der Waals surface area contributed by atoms with Gasteiger partial charge in [0.05, 0.1) is 0 Å². The summed E-state index contributed by atoms with van der Waals surface area (Å²) in [5.74, 6) is -0.110. The number of benzene rings is 1. The number of nitrogens with zero attached hydrogens (tertiary/aromatic N) is 1. The minimum Gasteiger partial charge on any atom is -0.326 e. The highest BCUT2D eigenvalue weighted by atomic mass is 32.1. The zero-order valence-electron chi connectivity index (χ0n) is 12.6. The van der Waals surface area contributed by atoms with Gasteiger partial charge in [-0.15, -0.1) is 11.3 Å². The number of rotatable bonds is 5. The standard InChI is InChI=1S/C17H23FN2S/c1-2-20(12-6-3-4-7-12)11-13-16(10-19)21-15-9-5-8-14(18)17(13)15/h5,8-9,12H,2-4,6-7,10-11,19H2,1H3. The van der Waals surface area contributed by atoms with E-state index in [4.69, 9.17) is 5.73 Å². The Morgan fingerprint density at radius 2 is 2.10 bits per heavy atom. The lowest BCUT2D eigenvalue weighted by Gasteiger charge is -2.27. The molecule has 2 N–H and O–H groups in total. The monoisotopic (exact) mass is 306 g/mol.